The Morgan fingerprint density at radius 3 is 2.53 bits per heavy atom. The van der Waals surface area contributed by atoms with E-state index in [1.165, 1.54) is 12.0 Å². The lowest BCUT2D eigenvalue weighted by atomic mass is 9.65. The Balaban J connectivity index is 2.14. The van der Waals surface area contributed by atoms with Crippen LogP contribution in [0.5, 0.6) is 0 Å². The van der Waals surface area contributed by atoms with E-state index in [0.29, 0.717) is 13.0 Å². The summed E-state index contributed by atoms with van der Waals surface area (Å²) in [5.41, 5.74) is 9.07. The van der Waals surface area contributed by atoms with E-state index in [1.54, 1.807) is 0 Å². The molecule has 1 aromatic carbocycles. The fourth-order valence-corrected chi connectivity index (χ4v) is 2.69. The molecule has 0 saturated heterocycles. The average molecular weight is 231 g/mol. The van der Waals surface area contributed by atoms with Gasteiger partial charge >= 0.3 is 0 Å². The van der Waals surface area contributed by atoms with Gasteiger partial charge in [-0.15, -0.1) is 0 Å². The third-order valence-corrected chi connectivity index (χ3v) is 4.07. The predicted molar refractivity (Wildman–Crippen MR) is 70.2 cm³/mol. The molecule has 0 amide bonds. The summed E-state index contributed by atoms with van der Waals surface area (Å²) in [5, 5.41) is 0. The quantitative estimate of drug-likeness (QED) is 0.809. The number of aryl methyl sites for hydroxylation is 2. The van der Waals surface area contributed by atoms with Crippen LogP contribution in [0.4, 0.5) is 0 Å². The van der Waals surface area contributed by atoms with Crippen LogP contribution in [0.3, 0.4) is 0 Å². The minimum Gasteiger partial charge on any atom is -0.330 e. The number of rotatable bonds is 4. The number of ketones is 1. The van der Waals surface area contributed by atoms with Gasteiger partial charge in [0.2, 0.25) is 0 Å². The number of benzene rings is 1. The zero-order chi connectivity index (χ0) is 12.5. The highest BCUT2D eigenvalue weighted by molar-refractivity contribution is 5.98. The molecule has 17 heavy (non-hydrogen) atoms. The van der Waals surface area contributed by atoms with Crippen molar-refractivity contribution in [3.05, 3.63) is 34.9 Å². The molecule has 0 bridgehead atoms. The van der Waals surface area contributed by atoms with Gasteiger partial charge in [-0.2, -0.15) is 0 Å². The van der Waals surface area contributed by atoms with E-state index in [4.69, 9.17) is 5.73 Å². The normalized spacial score (nSPS) is 17.6. The number of nitrogens with two attached hydrogens (primary N) is 1. The molecule has 2 rings (SSSR count). The van der Waals surface area contributed by atoms with Crippen LogP contribution in [-0.2, 0) is 0 Å². The molecule has 2 heteroatoms. The summed E-state index contributed by atoms with van der Waals surface area (Å²) >= 11 is 0. The molecule has 1 aliphatic carbocycles. The van der Waals surface area contributed by atoms with Gasteiger partial charge < -0.3 is 5.73 Å². The summed E-state index contributed by atoms with van der Waals surface area (Å²) in [4.78, 5) is 12.3. The Morgan fingerprint density at radius 1 is 1.35 bits per heavy atom. The van der Waals surface area contributed by atoms with Crippen molar-refractivity contribution in [1.82, 2.24) is 0 Å². The fourth-order valence-electron chi connectivity index (χ4n) is 2.69. The van der Waals surface area contributed by atoms with Crippen LogP contribution < -0.4 is 5.73 Å². The Kier molecular flexibility index (Phi) is 3.34. The van der Waals surface area contributed by atoms with Crippen molar-refractivity contribution in [3.63, 3.8) is 0 Å². The maximum absolute atomic E-state index is 12.3. The first-order valence-electron chi connectivity index (χ1n) is 6.37. The van der Waals surface area contributed by atoms with Gasteiger partial charge in [0.15, 0.2) is 5.78 Å². The van der Waals surface area contributed by atoms with Crippen molar-refractivity contribution < 1.29 is 4.79 Å². The Labute approximate surface area is 103 Å². The first-order valence-corrected chi connectivity index (χ1v) is 6.37. The Morgan fingerprint density at radius 2 is 2.06 bits per heavy atom. The maximum Gasteiger partial charge on any atom is 0.163 e. The molecule has 2 N–H and O–H groups in total. The summed E-state index contributed by atoms with van der Waals surface area (Å²) in [6.45, 7) is 4.70. The number of hydrogen-bond donors (Lipinski definition) is 1. The molecule has 1 aromatic rings. The number of carbonyl (C=O) groups is 1. The van der Waals surface area contributed by atoms with Crippen LogP contribution >= 0.6 is 0 Å². The van der Waals surface area contributed by atoms with E-state index in [0.717, 1.165) is 24.0 Å². The zero-order valence-corrected chi connectivity index (χ0v) is 10.8. The lowest BCUT2D eigenvalue weighted by Crippen LogP contribution is -2.39. The minimum absolute atomic E-state index is 0.106. The van der Waals surface area contributed by atoms with Gasteiger partial charge in [0, 0.05) is 12.0 Å². The van der Waals surface area contributed by atoms with E-state index in [1.807, 2.05) is 19.1 Å². The van der Waals surface area contributed by atoms with Gasteiger partial charge in [0.25, 0.3) is 0 Å². The smallest absolute Gasteiger partial charge is 0.163 e. The second-order valence-corrected chi connectivity index (χ2v) is 5.48. The van der Waals surface area contributed by atoms with Crippen molar-refractivity contribution >= 4 is 5.78 Å². The van der Waals surface area contributed by atoms with Crippen molar-refractivity contribution in [1.29, 1.82) is 0 Å². The molecule has 0 unspecified atom stereocenters. The highest BCUT2D eigenvalue weighted by Crippen LogP contribution is 2.43. The first-order chi connectivity index (χ1) is 8.06. The Bertz CT molecular complexity index is 427. The fraction of sp³-hybridized carbons (Fsp3) is 0.533. The zero-order valence-electron chi connectivity index (χ0n) is 10.8. The second-order valence-electron chi connectivity index (χ2n) is 5.48. The molecular weight excluding hydrogens is 210 g/mol. The molecule has 0 radical (unpaired) electrons. The van der Waals surface area contributed by atoms with Gasteiger partial charge in [-0.25, -0.2) is 0 Å². The summed E-state index contributed by atoms with van der Waals surface area (Å²) in [5.74, 6) is 0.257. The standard InChI is InChI=1S/C15H21NO/c1-11-4-5-13(12(2)8-11)14(17)9-15(10-16)6-3-7-15/h4-5,8H,3,6-7,9-10,16H2,1-2H3. The number of Topliss-reactive ketones (excluding diaryl/α,β-unsaturated/α-hetero) is 1. The molecule has 2 nitrogen and oxygen atoms in total. The summed E-state index contributed by atoms with van der Waals surface area (Å²) in [6, 6.07) is 6.04. The van der Waals surface area contributed by atoms with E-state index in [2.05, 4.69) is 13.0 Å². The molecule has 92 valence electrons. The molecule has 1 aliphatic rings. The monoisotopic (exact) mass is 231 g/mol. The van der Waals surface area contributed by atoms with Gasteiger partial charge in [-0.3, -0.25) is 4.79 Å². The van der Waals surface area contributed by atoms with E-state index in [9.17, 15) is 4.79 Å². The topological polar surface area (TPSA) is 43.1 Å². The molecule has 0 atom stereocenters. The van der Waals surface area contributed by atoms with Gasteiger partial charge in [0.05, 0.1) is 0 Å². The van der Waals surface area contributed by atoms with Crippen LogP contribution in [-0.4, -0.2) is 12.3 Å². The van der Waals surface area contributed by atoms with Crippen LogP contribution in [0.15, 0.2) is 18.2 Å². The van der Waals surface area contributed by atoms with Gasteiger partial charge in [-0.1, -0.05) is 30.2 Å². The van der Waals surface area contributed by atoms with E-state index >= 15 is 0 Å². The van der Waals surface area contributed by atoms with Crippen LogP contribution in [0.1, 0.15) is 47.2 Å². The summed E-state index contributed by atoms with van der Waals surface area (Å²) in [6.07, 6.45) is 4.06. The van der Waals surface area contributed by atoms with E-state index < -0.39 is 0 Å². The lowest BCUT2D eigenvalue weighted by Gasteiger charge is -2.40. The maximum atomic E-state index is 12.3. The van der Waals surface area contributed by atoms with Gasteiger partial charge in [0.1, 0.15) is 0 Å². The van der Waals surface area contributed by atoms with Crippen molar-refractivity contribution in [2.45, 2.75) is 39.5 Å². The predicted octanol–water partition coefficient (Wildman–Crippen LogP) is 3.01. The Hall–Kier alpha value is -1.15. The molecule has 0 aromatic heterocycles. The van der Waals surface area contributed by atoms with Crippen molar-refractivity contribution in [3.8, 4) is 0 Å². The molecule has 0 heterocycles. The summed E-state index contributed by atoms with van der Waals surface area (Å²) in [7, 11) is 0. The lowest BCUT2D eigenvalue weighted by molar-refractivity contribution is 0.0785. The molecule has 1 fully saturated rings. The largest absolute Gasteiger partial charge is 0.330 e. The van der Waals surface area contributed by atoms with E-state index in [-0.39, 0.29) is 11.2 Å². The van der Waals surface area contributed by atoms with Crippen LogP contribution in [0, 0.1) is 19.3 Å². The highest BCUT2D eigenvalue weighted by Gasteiger charge is 2.37. The third-order valence-electron chi connectivity index (χ3n) is 4.07. The summed E-state index contributed by atoms with van der Waals surface area (Å²) < 4.78 is 0. The minimum atomic E-state index is 0.106. The first kappa shape index (κ1) is 12.3. The molecule has 0 spiro atoms. The average Bonchev–Trinajstić information content (AvgIpc) is 2.23. The molecule has 0 aliphatic heterocycles. The SMILES string of the molecule is Cc1ccc(C(=O)CC2(CN)CCC2)c(C)c1. The van der Waals surface area contributed by atoms with Crippen LogP contribution in [0.25, 0.3) is 0 Å². The van der Waals surface area contributed by atoms with Crippen LogP contribution in [0.2, 0.25) is 0 Å². The number of carbonyl (C=O) groups excluding carboxylic acids is 1. The highest BCUT2D eigenvalue weighted by atomic mass is 16.1. The van der Waals surface area contributed by atoms with Crippen molar-refractivity contribution in [2.24, 2.45) is 11.1 Å². The third kappa shape index (κ3) is 2.42. The number of hydrogen-bond acceptors (Lipinski definition) is 2. The van der Waals surface area contributed by atoms with Gasteiger partial charge in [-0.05, 0) is 44.2 Å². The molecule has 1 saturated carbocycles. The molecular formula is C15H21NO. The second kappa shape index (κ2) is 4.61. The van der Waals surface area contributed by atoms with Crippen molar-refractivity contribution in [2.75, 3.05) is 6.54 Å².